The molecule has 5 nitrogen and oxygen atoms in total. The second-order valence-electron chi connectivity index (χ2n) is 5.94. The summed E-state index contributed by atoms with van der Waals surface area (Å²) in [5.41, 5.74) is 2.96. The van der Waals surface area contributed by atoms with Crippen LogP contribution in [0.5, 0.6) is 0 Å². The Morgan fingerprint density at radius 3 is 2.50 bits per heavy atom. The van der Waals surface area contributed by atoms with Crippen molar-refractivity contribution in [3.05, 3.63) is 82.9 Å². The highest BCUT2D eigenvalue weighted by molar-refractivity contribution is 7.99. The van der Waals surface area contributed by atoms with E-state index >= 15 is 0 Å². The van der Waals surface area contributed by atoms with Gasteiger partial charge in [-0.25, -0.2) is 0 Å². The van der Waals surface area contributed by atoms with Crippen LogP contribution in [0.25, 0.3) is 17.1 Å². The second kappa shape index (κ2) is 8.73. The summed E-state index contributed by atoms with van der Waals surface area (Å²) in [6.45, 7) is 0. The number of aryl methyl sites for hydroxylation is 1. The van der Waals surface area contributed by atoms with E-state index in [2.05, 4.69) is 20.2 Å². The third-order valence-corrected chi connectivity index (χ3v) is 5.76. The lowest BCUT2D eigenvalue weighted by Gasteiger charge is -2.11. The molecule has 140 valence electrons. The number of hydrogen-bond acceptors (Lipinski definition) is 5. The van der Waals surface area contributed by atoms with E-state index < -0.39 is 0 Å². The first-order valence-corrected chi connectivity index (χ1v) is 10.3. The molecule has 0 amide bonds. The molecule has 8 heteroatoms. The first-order valence-electron chi connectivity index (χ1n) is 8.55. The van der Waals surface area contributed by atoms with Crippen molar-refractivity contribution in [3.63, 3.8) is 0 Å². The van der Waals surface area contributed by atoms with Gasteiger partial charge in [-0.05, 0) is 54.4 Å². The fourth-order valence-corrected chi connectivity index (χ4v) is 3.94. The quantitative estimate of drug-likeness (QED) is 0.387. The van der Waals surface area contributed by atoms with Crippen molar-refractivity contribution in [3.8, 4) is 17.1 Å². The first-order chi connectivity index (χ1) is 13.7. The maximum absolute atomic E-state index is 6.25. The monoisotopic (exact) mass is 427 g/mol. The van der Waals surface area contributed by atoms with Gasteiger partial charge in [0, 0.05) is 36.1 Å². The van der Waals surface area contributed by atoms with Crippen molar-refractivity contribution >= 4 is 35.0 Å². The second-order valence-corrected chi connectivity index (χ2v) is 7.81. The number of benzene rings is 1. The lowest BCUT2D eigenvalue weighted by Crippen LogP contribution is -2.01. The molecule has 3 aromatic heterocycles. The number of rotatable bonds is 6. The Morgan fingerprint density at radius 1 is 0.893 bits per heavy atom. The van der Waals surface area contributed by atoms with Crippen molar-refractivity contribution in [1.29, 1.82) is 0 Å². The van der Waals surface area contributed by atoms with E-state index in [4.69, 9.17) is 23.2 Å². The van der Waals surface area contributed by atoms with Crippen LogP contribution in [0.4, 0.5) is 0 Å². The summed E-state index contributed by atoms with van der Waals surface area (Å²) in [6, 6.07) is 13.4. The van der Waals surface area contributed by atoms with Gasteiger partial charge in [0.25, 0.3) is 0 Å². The van der Waals surface area contributed by atoms with Crippen LogP contribution in [0.3, 0.4) is 0 Å². The predicted octanol–water partition coefficient (Wildman–Crippen LogP) is 5.37. The van der Waals surface area contributed by atoms with Gasteiger partial charge in [0.05, 0.1) is 15.7 Å². The van der Waals surface area contributed by atoms with Crippen molar-refractivity contribution < 1.29 is 0 Å². The molecule has 0 atom stereocenters. The number of aromatic nitrogens is 5. The van der Waals surface area contributed by atoms with E-state index in [0.717, 1.165) is 28.6 Å². The van der Waals surface area contributed by atoms with Gasteiger partial charge in [0.15, 0.2) is 11.0 Å². The third kappa shape index (κ3) is 4.19. The minimum absolute atomic E-state index is 0.484. The van der Waals surface area contributed by atoms with E-state index in [9.17, 15) is 0 Å². The van der Waals surface area contributed by atoms with Crippen molar-refractivity contribution in [2.24, 2.45) is 0 Å². The number of pyridine rings is 2. The molecule has 0 bridgehead atoms. The molecule has 4 aromatic rings. The molecule has 0 aliphatic rings. The minimum Gasteiger partial charge on any atom is -0.270 e. The van der Waals surface area contributed by atoms with Gasteiger partial charge in [-0.1, -0.05) is 35.0 Å². The highest BCUT2D eigenvalue weighted by Gasteiger charge is 2.17. The molecule has 0 spiro atoms. The largest absolute Gasteiger partial charge is 0.270 e. The van der Waals surface area contributed by atoms with Gasteiger partial charge in [0.2, 0.25) is 0 Å². The fourth-order valence-electron chi connectivity index (χ4n) is 2.71. The van der Waals surface area contributed by atoms with E-state index in [1.807, 2.05) is 41.0 Å². The summed E-state index contributed by atoms with van der Waals surface area (Å²) >= 11 is 14.0. The zero-order valence-corrected chi connectivity index (χ0v) is 17.0. The maximum Gasteiger partial charge on any atom is 0.196 e. The van der Waals surface area contributed by atoms with Crippen molar-refractivity contribution in [2.75, 3.05) is 5.75 Å². The topological polar surface area (TPSA) is 56.5 Å². The maximum atomic E-state index is 6.25. The Bertz CT molecular complexity index is 1070. The lowest BCUT2D eigenvalue weighted by atomic mass is 10.2. The summed E-state index contributed by atoms with van der Waals surface area (Å²) in [6.07, 6.45) is 8.01. The highest BCUT2D eigenvalue weighted by Crippen LogP contribution is 2.31. The van der Waals surface area contributed by atoms with Crippen molar-refractivity contribution in [2.45, 2.75) is 11.6 Å². The van der Waals surface area contributed by atoms with Crippen LogP contribution >= 0.6 is 35.0 Å². The summed E-state index contributed by atoms with van der Waals surface area (Å²) in [7, 11) is 0. The Labute approximate surface area is 176 Å². The molecule has 0 saturated heterocycles. The first kappa shape index (κ1) is 18.9. The summed E-state index contributed by atoms with van der Waals surface area (Å²) < 4.78 is 1.98. The van der Waals surface area contributed by atoms with Crippen LogP contribution in [0.1, 0.15) is 5.56 Å². The number of thioether (sulfide) groups is 1. The fraction of sp³-hybridized carbons (Fsp3) is 0.100. The van der Waals surface area contributed by atoms with E-state index in [-0.39, 0.29) is 0 Å². The molecule has 28 heavy (non-hydrogen) atoms. The lowest BCUT2D eigenvalue weighted by molar-refractivity contribution is 0.884. The number of halogens is 2. The molecule has 0 aliphatic heterocycles. The van der Waals surface area contributed by atoms with Crippen molar-refractivity contribution in [1.82, 2.24) is 24.7 Å². The highest BCUT2D eigenvalue weighted by atomic mass is 35.5. The standard InChI is InChI=1S/C20H15Cl2N5S/c21-17-4-3-16(12-18(17)22)27-19(15-2-1-8-24-13-15)25-26-20(27)28-11-7-14-5-9-23-10-6-14/h1-6,8-10,12-13H,7,11H2. The Hall–Kier alpha value is -2.41. The van der Waals surface area contributed by atoms with Gasteiger partial charge in [0.1, 0.15) is 0 Å². The molecule has 0 N–H and O–H groups in total. The predicted molar refractivity (Wildman–Crippen MR) is 113 cm³/mol. The molecule has 0 aliphatic carbocycles. The zero-order chi connectivity index (χ0) is 19.3. The SMILES string of the molecule is Clc1ccc(-n2c(SCCc3ccncc3)nnc2-c2cccnc2)cc1Cl. The van der Waals surface area contributed by atoms with Crippen LogP contribution in [0, 0.1) is 0 Å². The summed E-state index contributed by atoms with van der Waals surface area (Å²) in [5, 5.41) is 10.6. The molecule has 4 rings (SSSR count). The number of hydrogen-bond donors (Lipinski definition) is 0. The van der Waals surface area contributed by atoms with Crippen LogP contribution in [0.15, 0.2) is 72.4 Å². The molecule has 0 fully saturated rings. The van der Waals surface area contributed by atoms with Crippen LogP contribution in [-0.4, -0.2) is 30.5 Å². The van der Waals surface area contributed by atoms with Crippen LogP contribution in [-0.2, 0) is 6.42 Å². The van der Waals surface area contributed by atoms with E-state index in [1.165, 1.54) is 5.56 Å². The Morgan fingerprint density at radius 2 is 1.75 bits per heavy atom. The molecule has 1 aromatic carbocycles. The normalized spacial score (nSPS) is 10.9. The van der Waals surface area contributed by atoms with Gasteiger partial charge in [-0.2, -0.15) is 0 Å². The molecular weight excluding hydrogens is 413 g/mol. The molecule has 0 saturated carbocycles. The average molecular weight is 428 g/mol. The third-order valence-electron chi connectivity index (χ3n) is 4.09. The molecule has 0 unspecified atom stereocenters. The van der Waals surface area contributed by atoms with E-state index in [0.29, 0.717) is 15.9 Å². The molecule has 3 heterocycles. The van der Waals surface area contributed by atoms with E-state index in [1.54, 1.807) is 42.6 Å². The zero-order valence-electron chi connectivity index (χ0n) is 14.7. The Kier molecular flexibility index (Phi) is 5.90. The smallest absolute Gasteiger partial charge is 0.196 e. The van der Waals surface area contributed by atoms with Gasteiger partial charge in [-0.3, -0.25) is 14.5 Å². The van der Waals surface area contributed by atoms with Crippen LogP contribution in [0.2, 0.25) is 10.0 Å². The summed E-state index contributed by atoms with van der Waals surface area (Å²) in [4.78, 5) is 8.25. The van der Waals surface area contributed by atoms with Gasteiger partial charge in [-0.15, -0.1) is 10.2 Å². The Balaban J connectivity index is 1.68. The van der Waals surface area contributed by atoms with Crippen LogP contribution < -0.4 is 0 Å². The number of nitrogens with zero attached hydrogens (tertiary/aromatic N) is 5. The van der Waals surface area contributed by atoms with Gasteiger partial charge >= 0.3 is 0 Å². The minimum atomic E-state index is 0.484. The average Bonchev–Trinajstić information content (AvgIpc) is 3.15. The molecule has 0 radical (unpaired) electrons. The summed E-state index contributed by atoms with van der Waals surface area (Å²) in [5.74, 6) is 1.56. The van der Waals surface area contributed by atoms with Gasteiger partial charge < -0.3 is 0 Å². The molecular formula is C20H15Cl2N5S.